The number of nitrogens with zero attached hydrogens (tertiary/aromatic N) is 5. The van der Waals surface area contributed by atoms with Crippen LogP contribution in [0.25, 0.3) is 0 Å². The van der Waals surface area contributed by atoms with Crippen molar-refractivity contribution in [3.63, 3.8) is 0 Å². The molecule has 0 atom stereocenters. The zero-order chi connectivity index (χ0) is 18.5. The summed E-state index contributed by atoms with van der Waals surface area (Å²) in [4.78, 5) is 18.6. The number of unbranched alkanes of at least 4 members (excludes halogenated alkanes) is 1. The molecular weight excluding hydrogens is 326 g/mol. The standard InChI is InChI=1S/C20H29N5O/c1-17-8-4-5-9-19(17)24-14-12-23(13-15-24)10-6-7-11-25-20(26)22(3)18(2)16-21-25/h4-5,8-9,16H,2,6-7,10-15H2,1,3H3. The highest BCUT2D eigenvalue weighted by molar-refractivity contribution is 5.90. The van der Waals surface area contributed by atoms with E-state index in [9.17, 15) is 4.79 Å². The molecule has 0 radical (unpaired) electrons. The number of hydrogen-bond donors (Lipinski definition) is 0. The number of amides is 2. The molecule has 3 rings (SSSR count). The van der Waals surface area contributed by atoms with Crippen LogP contribution in [-0.4, -0.2) is 73.4 Å². The van der Waals surface area contributed by atoms with E-state index in [4.69, 9.17) is 0 Å². The average Bonchev–Trinajstić information content (AvgIpc) is 2.66. The largest absolute Gasteiger partial charge is 0.369 e. The number of urea groups is 1. The van der Waals surface area contributed by atoms with E-state index in [2.05, 4.69) is 52.7 Å². The maximum atomic E-state index is 12.1. The van der Waals surface area contributed by atoms with Gasteiger partial charge in [0.15, 0.2) is 0 Å². The highest BCUT2D eigenvalue weighted by Crippen LogP contribution is 2.21. The minimum atomic E-state index is -0.0932. The van der Waals surface area contributed by atoms with Crippen LogP contribution >= 0.6 is 0 Å². The summed E-state index contributed by atoms with van der Waals surface area (Å²) in [6, 6.07) is 8.52. The Kier molecular flexibility index (Phi) is 5.93. The summed E-state index contributed by atoms with van der Waals surface area (Å²) in [5, 5.41) is 5.71. The van der Waals surface area contributed by atoms with Crippen molar-refractivity contribution >= 4 is 17.9 Å². The Morgan fingerprint density at radius 1 is 1.08 bits per heavy atom. The van der Waals surface area contributed by atoms with Gasteiger partial charge in [-0.2, -0.15) is 5.10 Å². The van der Waals surface area contributed by atoms with Crippen LogP contribution in [-0.2, 0) is 0 Å². The van der Waals surface area contributed by atoms with Crippen LogP contribution in [0.4, 0.5) is 10.5 Å². The van der Waals surface area contributed by atoms with E-state index in [1.807, 2.05) is 0 Å². The summed E-state index contributed by atoms with van der Waals surface area (Å²) in [5.74, 6) is 0. The lowest BCUT2D eigenvalue weighted by atomic mass is 10.1. The first kappa shape index (κ1) is 18.5. The first-order valence-electron chi connectivity index (χ1n) is 9.37. The summed E-state index contributed by atoms with van der Waals surface area (Å²) < 4.78 is 0. The normalized spacial score (nSPS) is 18.8. The Morgan fingerprint density at radius 2 is 1.77 bits per heavy atom. The number of carbonyl (C=O) groups is 1. The molecule has 2 aliphatic heterocycles. The minimum absolute atomic E-state index is 0.0932. The topological polar surface area (TPSA) is 42.4 Å². The second kappa shape index (κ2) is 8.36. The predicted octanol–water partition coefficient (Wildman–Crippen LogP) is 2.76. The average molecular weight is 355 g/mol. The fourth-order valence-corrected chi connectivity index (χ4v) is 3.45. The molecule has 1 aromatic rings. The van der Waals surface area contributed by atoms with Gasteiger partial charge in [-0.15, -0.1) is 0 Å². The van der Waals surface area contributed by atoms with E-state index in [1.165, 1.54) is 21.2 Å². The molecule has 2 amide bonds. The van der Waals surface area contributed by atoms with Crippen molar-refractivity contribution in [1.29, 1.82) is 0 Å². The molecule has 26 heavy (non-hydrogen) atoms. The van der Waals surface area contributed by atoms with Gasteiger partial charge in [0, 0.05) is 45.5 Å². The Labute approximate surface area is 156 Å². The lowest BCUT2D eigenvalue weighted by molar-refractivity contribution is 0.170. The van der Waals surface area contributed by atoms with Crippen molar-refractivity contribution in [3.05, 3.63) is 42.1 Å². The fraction of sp³-hybridized carbons (Fsp3) is 0.500. The molecule has 0 N–H and O–H groups in total. The molecule has 0 bridgehead atoms. The smallest absolute Gasteiger partial charge is 0.344 e. The van der Waals surface area contributed by atoms with Gasteiger partial charge in [0.2, 0.25) is 0 Å². The number of carbonyl (C=O) groups excluding carboxylic acids is 1. The number of allylic oxidation sites excluding steroid dienone is 1. The van der Waals surface area contributed by atoms with Gasteiger partial charge in [0.05, 0.1) is 11.9 Å². The molecule has 0 saturated carbocycles. The van der Waals surface area contributed by atoms with Crippen LogP contribution in [0.2, 0.25) is 0 Å². The molecule has 0 unspecified atom stereocenters. The molecule has 0 aromatic heterocycles. The van der Waals surface area contributed by atoms with Crippen molar-refractivity contribution in [3.8, 4) is 0 Å². The number of aryl methyl sites for hydroxylation is 1. The maximum absolute atomic E-state index is 12.1. The predicted molar refractivity (Wildman–Crippen MR) is 107 cm³/mol. The molecule has 1 saturated heterocycles. The van der Waals surface area contributed by atoms with Crippen LogP contribution in [0, 0.1) is 6.92 Å². The molecular formula is C20H29N5O. The highest BCUT2D eigenvalue weighted by atomic mass is 16.2. The van der Waals surface area contributed by atoms with Crippen molar-refractivity contribution in [2.75, 3.05) is 51.2 Å². The molecule has 6 heteroatoms. The zero-order valence-corrected chi connectivity index (χ0v) is 15.9. The maximum Gasteiger partial charge on any atom is 0.344 e. The third kappa shape index (κ3) is 4.25. The SMILES string of the molecule is C=C1C=NN(CCCCN2CCN(c3ccccc3C)CC2)C(=O)N1C. The minimum Gasteiger partial charge on any atom is -0.369 e. The summed E-state index contributed by atoms with van der Waals surface area (Å²) in [6.45, 7) is 12.1. The highest BCUT2D eigenvalue weighted by Gasteiger charge is 2.22. The lowest BCUT2D eigenvalue weighted by Gasteiger charge is -2.37. The Bertz CT molecular complexity index is 679. The van der Waals surface area contributed by atoms with E-state index in [0.717, 1.165) is 45.6 Å². The monoisotopic (exact) mass is 355 g/mol. The van der Waals surface area contributed by atoms with Crippen LogP contribution < -0.4 is 4.90 Å². The van der Waals surface area contributed by atoms with Gasteiger partial charge in [0.25, 0.3) is 0 Å². The van der Waals surface area contributed by atoms with Crippen LogP contribution in [0.1, 0.15) is 18.4 Å². The van der Waals surface area contributed by atoms with Crippen LogP contribution in [0.3, 0.4) is 0 Å². The number of benzene rings is 1. The van der Waals surface area contributed by atoms with Gasteiger partial charge in [0.1, 0.15) is 0 Å². The molecule has 0 aliphatic carbocycles. The van der Waals surface area contributed by atoms with Crippen molar-refractivity contribution < 1.29 is 4.79 Å². The molecule has 0 spiro atoms. The van der Waals surface area contributed by atoms with Crippen molar-refractivity contribution in [2.24, 2.45) is 5.10 Å². The van der Waals surface area contributed by atoms with E-state index >= 15 is 0 Å². The summed E-state index contributed by atoms with van der Waals surface area (Å²) >= 11 is 0. The van der Waals surface area contributed by atoms with Gasteiger partial charge in [-0.3, -0.25) is 9.80 Å². The van der Waals surface area contributed by atoms with E-state index in [1.54, 1.807) is 13.3 Å². The number of piperazine rings is 1. The van der Waals surface area contributed by atoms with E-state index < -0.39 is 0 Å². The van der Waals surface area contributed by atoms with Gasteiger partial charge < -0.3 is 4.90 Å². The number of anilines is 1. The Hall–Kier alpha value is -2.34. The summed E-state index contributed by atoms with van der Waals surface area (Å²) in [6.07, 6.45) is 3.68. The van der Waals surface area contributed by atoms with Crippen molar-refractivity contribution in [1.82, 2.24) is 14.8 Å². The van der Waals surface area contributed by atoms with E-state index in [-0.39, 0.29) is 6.03 Å². The summed E-state index contributed by atoms with van der Waals surface area (Å²) in [5.41, 5.74) is 3.34. The lowest BCUT2D eigenvalue weighted by Crippen LogP contribution is -2.47. The first-order valence-corrected chi connectivity index (χ1v) is 9.37. The van der Waals surface area contributed by atoms with Gasteiger partial charge >= 0.3 is 6.03 Å². The van der Waals surface area contributed by atoms with Crippen LogP contribution in [0.15, 0.2) is 41.6 Å². The number of rotatable bonds is 6. The van der Waals surface area contributed by atoms with Crippen LogP contribution in [0.5, 0.6) is 0 Å². The third-order valence-electron chi connectivity index (χ3n) is 5.21. The number of para-hydroxylation sites is 1. The number of hydrogen-bond acceptors (Lipinski definition) is 4. The van der Waals surface area contributed by atoms with E-state index in [0.29, 0.717) is 12.2 Å². The second-order valence-electron chi connectivity index (χ2n) is 7.02. The Balaban J connectivity index is 1.37. The molecule has 2 aliphatic rings. The number of hydrazone groups is 1. The third-order valence-corrected chi connectivity index (χ3v) is 5.21. The molecule has 6 nitrogen and oxygen atoms in total. The fourth-order valence-electron chi connectivity index (χ4n) is 3.45. The summed E-state index contributed by atoms with van der Waals surface area (Å²) in [7, 11) is 1.73. The Morgan fingerprint density at radius 3 is 2.50 bits per heavy atom. The molecule has 1 aromatic carbocycles. The molecule has 1 fully saturated rings. The second-order valence-corrected chi connectivity index (χ2v) is 7.02. The van der Waals surface area contributed by atoms with Gasteiger partial charge in [-0.25, -0.2) is 9.80 Å². The van der Waals surface area contributed by atoms with Gasteiger partial charge in [-0.05, 0) is 37.9 Å². The first-order chi connectivity index (χ1) is 12.6. The molecule has 2 heterocycles. The van der Waals surface area contributed by atoms with Gasteiger partial charge in [-0.1, -0.05) is 24.8 Å². The quantitative estimate of drug-likeness (QED) is 0.737. The molecule has 140 valence electrons. The zero-order valence-electron chi connectivity index (χ0n) is 15.9. The van der Waals surface area contributed by atoms with Crippen molar-refractivity contribution in [2.45, 2.75) is 19.8 Å².